The number of amidine groups is 3. The van der Waals surface area contributed by atoms with Crippen molar-refractivity contribution in [3.8, 4) is 11.3 Å². The Hall–Kier alpha value is -3.47. The summed E-state index contributed by atoms with van der Waals surface area (Å²) in [5.74, 6) is -0.479. The summed E-state index contributed by atoms with van der Waals surface area (Å²) < 4.78 is 35.9. The molecule has 0 bridgehead atoms. The number of hydrogen-bond donors (Lipinski definition) is 1. The number of sulfone groups is 1. The van der Waals surface area contributed by atoms with Gasteiger partial charge in [0, 0.05) is 10.6 Å². The molecule has 0 aliphatic carbocycles. The summed E-state index contributed by atoms with van der Waals surface area (Å²) in [6, 6.07) is 19.1. The van der Waals surface area contributed by atoms with Crippen LogP contribution in [-0.2, 0) is 20.4 Å². The number of furan rings is 1. The molecule has 3 aromatic rings. The normalized spacial score (nSPS) is 17.1. The first kappa shape index (κ1) is 22.3. The number of fused-ring (bicyclic) bond motifs is 1. The van der Waals surface area contributed by atoms with Crippen LogP contribution in [0.4, 0.5) is 0 Å². The second kappa shape index (κ2) is 8.71. The van der Waals surface area contributed by atoms with Crippen molar-refractivity contribution in [2.45, 2.75) is 5.75 Å². The van der Waals surface area contributed by atoms with Crippen LogP contribution >= 0.6 is 23.5 Å². The number of rotatable bonds is 4. The van der Waals surface area contributed by atoms with E-state index < -0.39 is 15.7 Å². The van der Waals surface area contributed by atoms with Gasteiger partial charge in [0.2, 0.25) is 20.2 Å². The lowest BCUT2D eigenvalue weighted by atomic mass is 10.1. The van der Waals surface area contributed by atoms with E-state index in [1.165, 1.54) is 6.08 Å². The van der Waals surface area contributed by atoms with Gasteiger partial charge in [-0.15, -0.1) is 0 Å². The summed E-state index contributed by atoms with van der Waals surface area (Å²) in [7, 11) is -3.91. The highest BCUT2D eigenvalue weighted by Crippen LogP contribution is 2.32. The molecule has 170 valence electrons. The lowest BCUT2D eigenvalue weighted by Crippen LogP contribution is -2.45. The van der Waals surface area contributed by atoms with E-state index in [4.69, 9.17) is 21.4 Å². The summed E-state index contributed by atoms with van der Waals surface area (Å²) >= 11 is 6.79. The summed E-state index contributed by atoms with van der Waals surface area (Å²) in [5, 5.41) is 8.83. The summed E-state index contributed by atoms with van der Waals surface area (Å²) in [4.78, 5) is 17.6. The van der Waals surface area contributed by atoms with Crippen molar-refractivity contribution in [3.63, 3.8) is 0 Å². The smallest absolute Gasteiger partial charge is 0.283 e. The standard InChI is InChI=1S/C23H15ClN4O4S2/c24-16-8-4-7-15(11-16)19-10-9-17(32-19)12-18-20(25)28-22(26-21(18)29)33-27-23(28)34(30,31)13-14-5-2-1-3-6-14/h1-12,25H,13H2/b18-12-,25-20?. The maximum atomic E-state index is 13.1. The third-order valence-corrected chi connectivity index (χ3v) is 7.59. The monoisotopic (exact) mass is 510 g/mol. The van der Waals surface area contributed by atoms with Gasteiger partial charge in [0.1, 0.15) is 17.4 Å². The van der Waals surface area contributed by atoms with Gasteiger partial charge in [-0.1, -0.05) is 54.1 Å². The lowest BCUT2D eigenvalue weighted by Gasteiger charge is -2.24. The molecule has 0 saturated carbocycles. The van der Waals surface area contributed by atoms with E-state index in [1.807, 2.05) is 6.07 Å². The highest BCUT2D eigenvalue weighted by molar-refractivity contribution is 8.16. The van der Waals surface area contributed by atoms with Crippen LogP contribution in [0, 0.1) is 5.41 Å². The average Bonchev–Trinajstić information content (AvgIpc) is 3.45. The fourth-order valence-corrected chi connectivity index (χ4v) is 6.08. The Morgan fingerprint density at radius 3 is 2.65 bits per heavy atom. The molecule has 1 aromatic heterocycles. The zero-order valence-electron chi connectivity index (χ0n) is 17.3. The molecule has 0 spiro atoms. The van der Waals surface area contributed by atoms with E-state index in [0.29, 0.717) is 22.1 Å². The molecule has 0 saturated heterocycles. The Balaban J connectivity index is 1.45. The zero-order valence-corrected chi connectivity index (χ0v) is 19.7. The molecule has 2 aliphatic heterocycles. The van der Waals surface area contributed by atoms with Crippen molar-refractivity contribution in [2.24, 2.45) is 9.39 Å². The molecule has 8 nitrogen and oxygen atoms in total. The molecule has 34 heavy (non-hydrogen) atoms. The summed E-state index contributed by atoms with van der Waals surface area (Å²) in [6.07, 6.45) is 1.36. The molecule has 0 fully saturated rings. The van der Waals surface area contributed by atoms with Crippen LogP contribution in [0.5, 0.6) is 0 Å². The Morgan fingerprint density at radius 2 is 1.88 bits per heavy atom. The Morgan fingerprint density at radius 1 is 1.09 bits per heavy atom. The van der Waals surface area contributed by atoms with E-state index in [0.717, 1.165) is 22.4 Å². The number of hydrogen-bond acceptors (Lipinski definition) is 7. The van der Waals surface area contributed by atoms with Crippen molar-refractivity contribution < 1.29 is 17.6 Å². The minimum absolute atomic E-state index is 0.0258. The first-order valence-corrected chi connectivity index (χ1v) is 12.7. The SMILES string of the molecule is N=C1/C(=C/c2ccc(-c3cccc(Cl)c3)o2)C(=O)N=C2SN=C(S(=O)(=O)Cc3ccccc3)N12. The van der Waals surface area contributed by atoms with Crippen LogP contribution in [0.1, 0.15) is 11.3 Å². The molecule has 2 aliphatic rings. The minimum atomic E-state index is -3.91. The van der Waals surface area contributed by atoms with Crippen LogP contribution in [-0.4, -0.2) is 35.4 Å². The van der Waals surface area contributed by atoms with Crippen molar-refractivity contribution in [2.75, 3.05) is 0 Å². The molecule has 2 aromatic carbocycles. The first-order valence-electron chi connectivity index (χ1n) is 9.93. The minimum Gasteiger partial charge on any atom is -0.457 e. The molecular formula is C23H15ClN4O4S2. The van der Waals surface area contributed by atoms with E-state index >= 15 is 0 Å². The third-order valence-electron chi connectivity index (χ3n) is 4.99. The molecular weight excluding hydrogens is 496 g/mol. The zero-order chi connectivity index (χ0) is 23.9. The van der Waals surface area contributed by atoms with E-state index in [2.05, 4.69) is 9.39 Å². The van der Waals surface area contributed by atoms with Crippen LogP contribution in [0.2, 0.25) is 5.02 Å². The third kappa shape index (κ3) is 4.23. The largest absolute Gasteiger partial charge is 0.457 e. The fraction of sp³-hybridized carbons (Fsp3) is 0.0435. The Bertz CT molecular complexity index is 1530. The topological polar surface area (TPSA) is 116 Å². The Labute approximate surface area is 204 Å². The number of benzene rings is 2. The maximum absolute atomic E-state index is 13.1. The predicted octanol–water partition coefficient (Wildman–Crippen LogP) is 4.79. The van der Waals surface area contributed by atoms with Gasteiger partial charge in [-0.25, -0.2) is 13.3 Å². The highest BCUT2D eigenvalue weighted by atomic mass is 35.5. The van der Waals surface area contributed by atoms with Crippen LogP contribution in [0.25, 0.3) is 17.4 Å². The van der Waals surface area contributed by atoms with E-state index in [-0.39, 0.29) is 27.5 Å². The second-order valence-electron chi connectivity index (χ2n) is 7.36. The van der Waals surface area contributed by atoms with Gasteiger partial charge < -0.3 is 4.42 Å². The van der Waals surface area contributed by atoms with Gasteiger partial charge in [-0.05, 0) is 35.9 Å². The summed E-state index contributed by atoms with van der Waals surface area (Å²) in [6.45, 7) is 0. The quantitative estimate of drug-likeness (QED) is 0.398. The van der Waals surface area contributed by atoms with Crippen LogP contribution in [0.3, 0.4) is 0 Å². The van der Waals surface area contributed by atoms with Crippen LogP contribution < -0.4 is 0 Å². The molecule has 11 heteroatoms. The second-order valence-corrected chi connectivity index (χ2v) is 10.4. The number of halogens is 1. The number of nitrogens with zero attached hydrogens (tertiary/aromatic N) is 3. The van der Waals surface area contributed by atoms with Gasteiger partial charge in [0.25, 0.3) is 5.91 Å². The number of carbonyl (C=O) groups excluding carboxylic acids is 1. The number of aliphatic imine (C=N–C) groups is 1. The van der Waals surface area contributed by atoms with Crippen molar-refractivity contribution in [1.29, 1.82) is 5.41 Å². The first-order chi connectivity index (χ1) is 16.3. The van der Waals surface area contributed by atoms with Gasteiger partial charge in [0.05, 0.1) is 23.3 Å². The van der Waals surface area contributed by atoms with Crippen molar-refractivity contribution in [3.05, 3.63) is 88.6 Å². The van der Waals surface area contributed by atoms with Gasteiger partial charge in [-0.3, -0.25) is 10.2 Å². The fourth-order valence-electron chi connectivity index (χ4n) is 3.43. The average molecular weight is 511 g/mol. The molecule has 0 radical (unpaired) electrons. The van der Waals surface area contributed by atoms with E-state index in [9.17, 15) is 13.2 Å². The van der Waals surface area contributed by atoms with Crippen molar-refractivity contribution >= 4 is 61.5 Å². The van der Waals surface area contributed by atoms with Gasteiger partial charge in [0.15, 0.2) is 0 Å². The Kier molecular flexibility index (Phi) is 5.72. The van der Waals surface area contributed by atoms with Crippen LogP contribution in [0.15, 0.2) is 86.1 Å². The molecule has 5 rings (SSSR count). The van der Waals surface area contributed by atoms with E-state index in [1.54, 1.807) is 60.7 Å². The van der Waals surface area contributed by atoms with Gasteiger partial charge in [-0.2, -0.15) is 9.39 Å². The molecule has 1 N–H and O–H groups in total. The number of carbonyl (C=O) groups is 1. The predicted molar refractivity (Wildman–Crippen MR) is 133 cm³/mol. The maximum Gasteiger partial charge on any atom is 0.283 e. The molecule has 0 atom stereocenters. The molecule has 0 unspecified atom stereocenters. The number of amides is 1. The van der Waals surface area contributed by atoms with Crippen molar-refractivity contribution in [1.82, 2.24) is 4.90 Å². The highest BCUT2D eigenvalue weighted by Gasteiger charge is 2.42. The summed E-state index contributed by atoms with van der Waals surface area (Å²) in [5.41, 5.74) is 1.22. The molecule has 1 amide bonds. The molecule has 3 heterocycles. The number of nitrogens with one attached hydrogen (secondary N) is 1. The van der Waals surface area contributed by atoms with Gasteiger partial charge >= 0.3 is 0 Å². The lowest BCUT2D eigenvalue weighted by molar-refractivity contribution is -0.114.